The topological polar surface area (TPSA) is 87.5 Å². The SMILES string of the molecule is NC1C(=O)N2C(C(=O)O)=C(C[n+]3ccccc3)CS[C@H]12. The molecule has 2 aliphatic rings. The number of hydrogen-bond acceptors (Lipinski definition) is 4. The van der Waals surface area contributed by atoms with Gasteiger partial charge in [0.15, 0.2) is 18.9 Å². The maximum Gasteiger partial charge on any atom is 0.352 e. The molecule has 3 N–H and O–H groups in total. The van der Waals surface area contributed by atoms with Crippen molar-refractivity contribution in [3.8, 4) is 0 Å². The molecular weight excluding hydrogens is 278 g/mol. The van der Waals surface area contributed by atoms with Crippen molar-refractivity contribution >= 4 is 23.6 Å². The van der Waals surface area contributed by atoms with E-state index in [2.05, 4.69) is 0 Å². The van der Waals surface area contributed by atoms with E-state index in [1.165, 1.54) is 16.7 Å². The normalized spacial score (nSPS) is 25.2. The van der Waals surface area contributed by atoms with E-state index in [0.717, 1.165) is 5.57 Å². The Bertz CT molecular complexity index is 602. The van der Waals surface area contributed by atoms with Crippen molar-refractivity contribution in [2.24, 2.45) is 5.73 Å². The molecule has 2 atom stereocenters. The summed E-state index contributed by atoms with van der Waals surface area (Å²) < 4.78 is 1.89. The number of carbonyl (C=O) groups excluding carboxylic acids is 1. The molecule has 6 nitrogen and oxygen atoms in total. The molecule has 1 fully saturated rings. The Kier molecular flexibility index (Phi) is 3.23. The molecule has 1 aromatic heterocycles. The standard InChI is InChI=1S/C13H13N3O3S/c14-9-11(17)16-10(13(18)19)8(7-20-12(9)16)6-15-4-2-1-3-5-15/h1-5,9,12H,6-7,14H2/p+1/t9?,12-/m1/s1. The third-order valence-corrected chi connectivity index (χ3v) is 4.80. The van der Waals surface area contributed by atoms with Crippen LogP contribution in [0.1, 0.15) is 0 Å². The lowest BCUT2D eigenvalue weighted by Crippen LogP contribution is -2.68. The van der Waals surface area contributed by atoms with Gasteiger partial charge in [0.25, 0.3) is 0 Å². The predicted molar refractivity (Wildman–Crippen MR) is 72.4 cm³/mol. The van der Waals surface area contributed by atoms with Crippen LogP contribution in [-0.4, -0.2) is 39.1 Å². The number of nitrogens with zero attached hydrogens (tertiary/aromatic N) is 2. The Balaban J connectivity index is 1.94. The van der Waals surface area contributed by atoms with Gasteiger partial charge in [-0.1, -0.05) is 6.07 Å². The highest BCUT2D eigenvalue weighted by Crippen LogP contribution is 2.39. The lowest BCUT2D eigenvalue weighted by atomic mass is 10.0. The average molecular weight is 292 g/mol. The first-order valence-corrected chi connectivity index (χ1v) is 7.24. The van der Waals surface area contributed by atoms with Crippen LogP contribution in [0.4, 0.5) is 0 Å². The number of amides is 1. The maximum atomic E-state index is 11.8. The fraction of sp³-hybridized carbons (Fsp3) is 0.308. The number of rotatable bonds is 3. The molecule has 0 bridgehead atoms. The molecule has 1 aromatic rings. The van der Waals surface area contributed by atoms with Crippen molar-refractivity contribution in [3.05, 3.63) is 41.9 Å². The van der Waals surface area contributed by atoms with Crippen LogP contribution in [0.5, 0.6) is 0 Å². The monoisotopic (exact) mass is 292 g/mol. The minimum Gasteiger partial charge on any atom is -0.477 e. The number of nitrogens with two attached hydrogens (primary N) is 1. The summed E-state index contributed by atoms with van der Waals surface area (Å²) >= 11 is 1.52. The summed E-state index contributed by atoms with van der Waals surface area (Å²) in [5.41, 5.74) is 6.53. The average Bonchev–Trinajstić information content (AvgIpc) is 2.46. The predicted octanol–water partition coefficient (Wildman–Crippen LogP) is -0.445. The summed E-state index contributed by atoms with van der Waals surface area (Å²) in [5, 5.41) is 9.16. The van der Waals surface area contributed by atoms with Crippen LogP contribution in [-0.2, 0) is 16.1 Å². The Labute approximate surface area is 119 Å². The van der Waals surface area contributed by atoms with E-state index >= 15 is 0 Å². The van der Waals surface area contributed by atoms with E-state index in [-0.39, 0.29) is 17.0 Å². The van der Waals surface area contributed by atoms with Gasteiger partial charge in [-0.25, -0.2) is 9.36 Å². The molecule has 7 heteroatoms. The molecule has 104 valence electrons. The number of pyridine rings is 1. The molecule has 0 radical (unpaired) electrons. The van der Waals surface area contributed by atoms with E-state index in [4.69, 9.17) is 5.73 Å². The second-order valence-corrected chi connectivity index (χ2v) is 5.85. The first kappa shape index (κ1) is 13.1. The number of hydrogen-bond donors (Lipinski definition) is 2. The van der Waals surface area contributed by atoms with Gasteiger partial charge in [0.05, 0.1) is 0 Å². The van der Waals surface area contributed by atoms with Gasteiger partial charge in [-0.3, -0.25) is 9.69 Å². The Morgan fingerprint density at radius 1 is 1.45 bits per heavy atom. The number of carbonyl (C=O) groups is 2. The van der Waals surface area contributed by atoms with E-state index in [1.807, 2.05) is 35.2 Å². The molecule has 2 aliphatic heterocycles. The van der Waals surface area contributed by atoms with Crippen LogP contribution >= 0.6 is 11.8 Å². The highest BCUT2D eigenvalue weighted by molar-refractivity contribution is 8.00. The van der Waals surface area contributed by atoms with Crippen molar-refractivity contribution < 1.29 is 19.3 Å². The summed E-state index contributed by atoms with van der Waals surface area (Å²) in [4.78, 5) is 24.6. The third kappa shape index (κ3) is 1.99. The Hall–Kier alpha value is -1.86. The zero-order chi connectivity index (χ0) is 14.3. The third-order valence-electron chi connectivity index (χ3n) is 3.44. The molecule has 0 aliphatic carbocycles. The second kappa shape index (κ2) is 4.92. The molecule has 1 amide bonds. The number of fused-ring (bicyclic) bond motifs is 1. The fourth-order valence-corrected chi connectivity index (χ4v) is 3.74. The van der Waals surface area contributed by atoms with Crippen molar-refractivity contribution in [1.82, 2.24) is 4.90 Å². The highest BCUT2D eigenvalue weighted by atomic mass is 32.2. The van der Waals surface area contributed by atoms with Crippen molar-refractivity contribution in [2.75, 3.05) is 5.75 Å². The van der Waals surface area contributed by atoms with Crippen molar-refractivity contribution in [2.45, 2.75) is 18.0 Å². The number of aromatic nitrogens is 1. The number of thioether (sulfide) groups is 1. The van der Waals surface area contributed by atoms with E-state index in [9.17, 15) is 14.7 Å². The molecule has 20 heavy (non-hydrogen) atoms. The minimum atomic E-state index is -1.07. The van der Waals surface area contributed by atoms with Gasteiger partial charge in [0.1, 0.15) is 17.1 Å². The zero-order valence-corrected chi connectivity index (χ0v) is 11.4. The summed E-state index contributed by atoms with van der Waals surface area (Å²) in [6, 6.07) is 5.07. The van der Waals surface area contributed by atoms with Crippen LogP contribution in [0.25, 0.3) is 0 Å². The largest absolute Gasteiger partial charge is 0.477 e. The van der Waals surface area contributed by atoms with Crippen LogP contribution in [0.2, 0.25) is 0 Å². The Morgan fingerprint density at radius 3 is 2.80 bits per heavy atom. The summed E-state index contributed by atoms with van der Waals surface area (Å²) in [6.07, 6.45) is 3.74. The van der Waals surface area contributed by atoms with Crippen molar-refractivity contribution in [1.29, 1.82) is 0 Å². The number of carboxylic acids is 1. The molecule has 0 spiro atoms. The van der Waals surface area contributed by atoms with Gasteiger partial charge in [0, 0.05) is 23.5 Å². The number of aliphatic carboxylic acids is 1. The molecular formula is C13H14N3O3S+. The van der Waals surface area contributed by atoms with Crippen molar-refractivity contribution in [3.63, 3.8) is 0 Å². The minimum absolute atomic E-state index is 0.0943. The van der Waals surface area contributed by atoms with Gasteiger partial charge in [-0.15, -0.1) is 11.8 Å². The van der Waals surface area contributed by atoms with Crippen LogP contribution < -0.4 is 10.3 Å². The highest BCUT2D eigenvalue weighted by Gasteiger charge is 2.52. The van der Waals surface area contributed by atoms with Gasteiger partial charge >= 0.3 is 5.97 Å². The summed E-state index contributed by atoms with van der Waals surface area (Å²) in [5.74, 6) is -0.802. The number of β-lactam (4-membered cyclic amide) rings is 1. The number of carboxylic acid groups (broad SMARTS) is 1. The second-order valence-electron chi connectivity index (χ2n) is 4.74. The fourth-order valence-electron chi connectivity index (χ4n) is 2.46. The zero-order valence-electron chi connectivity index (χ0n) is 10.6. The first-order valence-electron chi connectivity index (χ1n) is 6.19. The van der Waals surface area contributed by atoms with Gasteiger partial charge in [-0.2, -0.15) is 0 Å². The summed E-state index contributed by atoms with van der Waals surface area (Å²) in [7, 11) is 0. The quantitative estimate of drug-likeness (QED) is 0.582. The molecule has 0 aromatic carbocycles. The van der Waals surface area contributed by atoms with Gasteiger partial charge in [0.2, 0.25) is 5.91 Å². The Morgan fingerprint density at radius 2 is 2.15 bits per heavy atom. The van der Waals surface area contributed by atoms with E-state index < -0.39 is 12.0 Å². The molecule has 1 unspecified atom stereocenters. The lowest BCUT2D eigenvalue weighted by molar-refractivity contribution is -0.689. The van der Waals surface area contributed by atoms with Gasteiger partial charge in [-0.05, 0) is 0 Å². The smallest absolute Gasteiger partial charge is 0.352 e. The van der Waals surface area contributed by atoms with Crippen LogP contribution in [0.3, 0.4) is 0 Å². The lowest BCUT2D eigenvalue weighted by Gasteiger charge is -2.47. The molecule has 3 heterocycles. The molecule has 3 rings (SSSR count). The van der Waals surface area contributed by atoms with E-state index in [1.54, 1.807) is 0 Å². The molecule has 1 saturated heterocycles. The first-order chi connectivity index (χ1) is 9.59. The van der Waals surface area contributed by atoms with Crippen LogP contribution in [0, 0.1) is 0 Å². The maximum absolute atomic E-state index is 11.8. The van der Waals surface area contributed by atoms with Gasteiger partial charge < -0.3 is 10.8 Å². The van der Waals surface area contributed by atoms with Crippen LogP contribution in [0.15, 0.2) is 41.9 Å². The van der Waals surface area contributed by atoms with E-state index in [0.29, 0.717) is 12.3 Å². The molecule has 0 saturated carbocycles. The summed E-state index contributed by atoms with van der Waals surface area (Å²) in [6.45, 7) is 0.460.